The average molecular weight is 380 g/mol. The topological polar surface area (TPSA) is 51.5 Å². The SMILES string of the molecule is COc1ccc(C2CCCN2C(=O)Cn2cc(C(F)(F)F)ccc2=O)cc1. The summed E-state index contributed by atoms with van der Waals surface area (Å²) in [6.45, 7) is 0.0820. The molecule has 1 unspecified atom stereocenters. The van der Waals surface area contributed by atoms with Crippen molar-refractivity contribution in [2.24, 2.45) is 0 Å². The summed E-state index contributed by atoms with van der Waals surface area (Å²) in [4.78, 5) is 26.2. The van der Waals surface area contributed by atoms with E-state index >= 15 is 0 Å². The standard InChI is InChI=1S/C19H19F3N2O3/c1-27-15-7-4-13(5-8-15)16-3-2-10-24(16)18(26)12-23-11-14(19(20,21)22)6-9-17(23)25/h4-9,11,16H,2-3,10,12H2,1H3. The largest absolute Gasteiger partial charge is 0.497 e. The van der Waals surface area contributed by atoms with Crippen LogP contribution in [0.4, 0.5) is 13.2 Å². The van der Waals surface area contributed by atoms with E-state index in [1.807, 2.05) is 12.1 Å². The first-order valence-electron chi connectivity index (χ1n) is 8.50. The van der Waals surface area contributed by atoms with Crippen LogP contribution in [0.2, 0.25) is 0 Å². The Morgan fingerprint density at radius 2 is 1.89 bits per heavy atom. The van der Waals surface area contributed by atoms with Crippen LogP contribution in [0.5, 0.6) is 5.75 Å². The predicted octanol–water partition coefficient (Wildman–Crippen LogP) is 3.24. The number of ether oxygens (including phenoxy) is 1. The number of nitrogens with zero attached hydrogens (tertiary/aromatic N) is 2. The fraction of sp³-hybridized carbons (Fsp3) is 0.368. The minimum Gasteiger partial charge on any atom is -0.497 e. The maximum absolute atomic E-state index is 12.9. The fourth-order valence-corrected chi connectivity index (χ4v) is 3.30. The smallest absolute Gasteiger partial charge is 0.417 e. The number of amides is 1. The van der Waals surface area contributed by atoms with Crippen LogP contribution in [0.25, 0.3) is 0 Å². The van der Waals surface area contributed by atoms with Gasteiger partial charge in [0.2, 0.25) is 5.91 Å². The molecule has 0 saturated carbocycles. The maximum atomic E-state index is 12.9. The van der Waals surface area contributed by atoms with Gasteiger partial charge < -0.3 is 14.2 Å². The molecule has 5 nitrogen and oxygen atoms in total. The van der Waals surface area contributed by atoms with E-state index in [9.17, 15) is 22.8 Å². The highest BCUT2D eigenvalue weighted by atomic mass is 19.4. The van der Waals surface area contributed by atoms with Gasteiger partial charge in [0.15, 0.2) is 0 Å². The molecule has 0 aliphatic carbocycles. The van der Waals surface area contributed by atoms with E-state index in [2.05, 4.69) is 0 Å². The molecule has 2 heterocycles. The third kappa shape index (κ3) is 4.15. The first-order chi connectivity index (χ1) is 12.8. The van der Waals surface area contributed by atoms with Crippen molar-refractivity contribution in [2.45, 2.75) is 31.6 Å². The Kier molecular flexibility index (Phi) is 5.25. The zero-order valence-corrected chi connectivity index (χ0v) is 14.7. The van der Waals surface area contributed by atoms with Gasteiger partial charge in [0.05, 0.1) is 18.7 Å². The van der Waals surface area contributed by atoms with Gasteiger partial charge in [-0.2, -0.15) is 13.2 Å². The second kappa shape index (κ2) is 7.46. The van der Waals surface area contributed by atoms with E-state index < -0.39 is 23.8 Å². The lowest BCUT2D eigenvalue weighted by molar-refractivity contribution is -0.139. The molecule has 1 aliphatic rings. The van der Waals surface area contributed by atoms with Crippen LogP contribution in [-0.4, -0.2) is 29.0 Å². The third-order valence-corrected chi connectivity index (χ3v) is 4.69. The highest BCUT2D eigenvalue weighted by molar-refractivity contribution is 5.77. The Balaban J connectivity index is 1.80. The third-order valence-electron chi connectivity index (χ3n) is 4.69. The molecule has 1 saturated heterocycles. The lowest BCUT2D eigenvalue weighted by Crippen LogP contribution is -2.36. The number of aromatic nitrogens is 1. The molecule has 1 fully saturated rings. The van der Waals surface area contributed by atoms with Crippen molar-refractivity contribution in [1.82, 2.24) is 9.47 Å². The van der Waals surface area contributed by atoms with Crippen molar-refractivity contribution in [1.29, 1.82) is 0 Å². The fourth-order valence-electron chi connectivity index (χ4n) is 3.30. The Hall–Kier alpha value is -2.77. The number of carbonyl (C=O) groups excluding carboxylic acids is 1. The van der Waals surface area contributed by atoms with Crippen LogP contribution in [0.15, 0.2) is 47.4 Å². The molecule has 0 radical (unpaired) electrons. The monoisotopic (exact) mass is 380 g/mol. The highest BCUT2D eigenvalue weighted by Gasteiger charge is 2.33. The number of carbonyl (C=O) groups is 1. The second-order valence-corrected chi connectivity index (χ2v) is 6.40. The summed E-state index contributed by atoms with van der Waals surface area (Å²) in [6, 6.07) is 8.73. The van der Waals surface area contributed by atoms with Gasteiger partial charge in [-0.3, -0.25) is 9.59 Å². The summed E-state index contributed by atoms with van der Waals surface area (Å²) in [5.41, 5.74) is -0.669. The van der Waals surface area contributed by atoms with E-state index in [0.29, 0.717) is 18.5 Å². The van der Waals surface area contributed by atoms with Crippen LogP contribution >= 0.6 is 0 Å². The number of hydrogen-bond acceptors (Lipinski definition) is 3. The van der Waals surface area contributed by atoms with Gasteiger partial charge in [-0.05, 0) is 36.6 Å². The van der Waals surface area contributed by atoms with Crippen LogP contribution in [0, 0.1) is 0 Å². The van der Waals surface area contributed by atoms with Gasteiger partial charge in [-0.25, -0.2) is 0 Å². The molecule has 144 valence electrons. The Labute approximate surface area is 154 Å². The van der Waals surface area contributed by atoms with E-state index in [0.717, 1.165) is 35.1 Å². The number of halogens is 3. The molecular formula is C19H19F3N2O3. The molecule has 0 N–H and O–H groups in total. The molecule has 8 heteroatoms. The first-order valence-corrected chi connectivity index (χ1v) is 8.50. The summed E-state index contributed by atoms with van der Waals surface area (Å²) in [5.74, 6) is 0.319. The zero-order valence-electron chi connectivity index (χ0n) is 14.7. The van der Waals surface area contributed by atoms with Crippen molar-refractivity contribution < 1.29 is 22.7 Å². The van der Waals surface area contributed by atoms with E-state index in [-0.39, 0.29) is 11.9 Å². The minimum absolute atomic E-state index is 0.162. The molecular weight excluding hydrogens is 361 g/mol. The van der Waals surface area contributed by atoms with Gasteiger partial charge in [-0.1, -0.05) is 12.1 Å². The summed E-state index contributed by atoms with van der Waals surface area (Å²) >= 11 is 0. The molecule has 1 amide bonds. The van der Waals surface area contributed by atoms with Gasteiger partial charge in [-0.15, -0.1) is 0 Å². The van der Waals surface area contributed by atoms with Crippen LogP contribution < -0.4 is 10.3 Å². The average Bonchev–Trinajstić information content (AvgIpc) is 3.12. The Morgan fingerprint density at radius 3 is 2.52 bits per heavy atom. The number of rotatable bonds is 4. The van der Waals surface area contributed by atoms with E-state index in [1.165, 1.54) is 0 Å². The lowest BCUT2D eigenvalue weighted by Gasteiger charge is -2.25. The second-order valence-electron chi connectivity index (χ2n) is 6.40. The highest BCUT2D eigenvalue weighted by Crippen LogP contribution is 2.33. The molecule has 1 aromatic heterocycles. The number of benzene rings is 1. The van der Waals surface area contributed by atoms with Crippen LogP contribution in [-0.2, 0) is 17.5 Å². The molecule has 1 aromatic carbocycles. The predicted molar refractivity (Wildman–Crippen MR) is 92.4 cm³/mol. The van der Waals surface area contributed by atoms with Crippen LogP contribution in [0.1, 0.15) is 30.0 Å². The molecule has 0 spiro atoms. The van der Waals surface area contributed by atoms with Crippen molar-refractivity contribution in [3.05, 3.63) is 64.1 Å². The van der Waals surface area contributed by atoms with Gasteiger partial charge >= 0.3 is 6.18 Å². The lowest BCUT2D eigenvalue weighted by atomic mass is 10.0. The van der Waals surface area contributed by atoms with Gasteiger partial charge in [0, 0.05) is 18.8 Å². The number of methoxy groups -OCH3 is 1. The van der Waals surface area contributed by atoms with Crippen molar-refractivity contribution >= 4 is 5.91 Å². The first kappa shape index (κ1) is 19.0. The molecule has 27 heavy (non-hydrogen) atoms. The van der Waals surface area contributed by atoms with Crippen LogP contribution in [0.3, 0.4) is 0 Å². The Bertz CT molecular complexity index is 875. The summed E-state index contributed by atoms with van der Waals surface area (Å²) in [7, 11) is 1.56. The van der Waals surface area contributed by atoms with Gasteiger partial charge in [0.25, 0.3) is 5.56 Å². The maximum Gasteiger partial charge on any atom is 0.417 e. The molecule has 0 bridgehead atoms. The quantitative estimate of drug-likeness (QED) is 0.818. The van der Waals surface area contributed by atoms with E-state index in [4.69, 9.17) is 4.74 Å². The Morgan fingerprint density at radius 1 is 1.19 bits per heavy atom. The summed E-state index contributed by atoms with van der Waals surface area (Å²) in [6.07, 6.45) is -2.33. The number of pyridine rings is 1. The van der Waals surface area contributed by atoms with Crippen molar-refractivity contribution in [3.63, 3.8) is 0 Å². The molecule has 3 rings (SSSR count). The zero-order chi connectivity index (χ0) is 19.6. The minimum atomic E-state index is -4.57. The van der Waals surface area contributed by atoms with Crippen molar-refractivity contribution in [3.8, 4) is 5.75 Å². The van der Waals surface area contributed by atoms with E-state index in [1.54, 1.807) is 24.1 Å². The number of hydrogen-bond donors (Lipinski definition) is 0. The molecule has 1 aliphatic heterocycles. The normalized spacial score (nSPS) is 17.2. The summed E-state index contributed by atoms with van der Waals surface area (Å²) < 4.78 is 44.5. The number of likely N-dealkylation sites (tertiary alicyclic amines) is 1. The number of alkyl halides is 3. The van der Waals surface area contributed by atoms with Gasteiger partial charge in [0.1, 0.15) is 12.3 Å². The molecule has 1 atom stereocenters. The molecule has 2 aromatic rings. The summed E-state index contributed by atoms with van der Waals surface area (Å²) in [5, 5.41) is 0. The van der Waals surface area contributed by atoms with Crippen molar-refractivity contribution in [2.75, 3.05) is 13.7 Å².